The van der Waals surface area contributed by atoms with Crippen LogP contribution in [0.4, 0.5) is 0 Å². The lowest BCUT2D eigenvalue weighted by Gasteiger charge is -2.09. The maximum atomic E-state index is 9.47. The van der Waals surface area contributed by atoms with Gasteiger partial charge in [0.25, 0.3) is 0 Å². The van der Waals surface area contributed by atoms with Crippen LogP contribution in [0.15, 0.2) is 12.1 Å². The smallest absolute Gasteiger partial charge is 0.165 e. The van der Waals surface area contributed by atoms with Crippen LogP contribution in [0.25, 0.3) is 0 Å². The van der Waals surface area contributed by atoms with Gasteiger partial charge in [-0.3, -0.25) is 0 Å². The number of halogens is 1. The fourth-order valence-electron chi connectivity index (χ4n) is 1.10. The molecule has 72 valence electrons. The van der Waals surface area contributed by atoms with Crippen molar-refractivity contribution in [2.75, 3.05) is 14.2 Å². The molecule has 0 amide bonds. The Kier molecular flexibility index (Phi) is 3.25. The number of rotatable bonds is 3. The predicted octanol–water partition coefficient (Wildman–Crippen LogP) is 2.15. The van der Waals surface area contributed by atoms with Gasteiger partial charge in [0.2, 0.25) is 0 Å². The van der Waals surface area contributed by atoms with Crippen LogP contribution < -0.4 is 9.47 Å². The largest absolute Gasteiger partial charge is 0.504 e. The number of aromatic hydroxyl groups is 1. The first kappa shape index (κ1) is 9.99. The summed E-state index contributed by atoms with van der Waals surface area (Å²) in [5, 5.41) is 9.47. The van der Waals surface area contributed by atoms with Gasteiger partial charge in [-0.25, -0.2) is 0 Å². The van der Waals surface area contributed by atoms with Crippen molar-refractivity contribution in [1.82, 2.24) is 0 Å². The molecule has 0 atom stereocenters. The van der Waals surface area contributed by atoms with E-state index in [0.29, 0.717) is 17.1 Å². The third-order valence-corrected chi connectivity index (χ3v) is 1.99. The predicted molar refractivity (Wildman–Crippen MR) is 50.8 cm³/mol. The molecular formula is C9H11ClO3. The second-order valence-corrected chi connectivity index (χ2v) is 2.74. The van der Waals surface area contributed by atoms with Crippen LogP contribution in [0.3, 0.4) is 0 Å². The maximum absolute atomic E-state index is 9.47. The zero-order valence-electron chi connectivity index (χ0n) is 7.50. The molecule has 4 heteroatoms. The zero-order valence-corrected chi connectivity index (χ0v) is 8.26. The van der Waals surface area contributed by atoms with E-state index in [2.05, 4.69) is 0 Å². The molecule has 3 nitrogen and oxygen atoms in total. The van der Waals surface area contributed by atoms with Gasteiger partial charge >= 0.3 is 0 Å². The molecular weight excluding hydrogens is 192 g/mol. The van der Waals surface area contributed by atoms with Crippen LogP contribution >= 0.6 is 11.6 Å². The Balaban J connectivity index is 3.20. The van der Waals surface area contributed by atoms with Gasteiger partial charge in [-0.15, -0.1) is 11.6 Å². The molecule has 0 fully saturated rings. The van der Waals surface area contributed by atoms with Crippen molar-refractivity contribution in [3.8, 4) is 17.2 Å². The number of hydrogen-bond donors (Lipinski definition) is 1. The Morgan fingerprint density at radius 3 is 2.46 bits per heavy atom. The molecule has 0 aliphatic carbocycles. The monoisotopic (exact) mass is 202 g/mol. The number of hydrogen-bond acceptors (Lipinski definition) is 3. The lowest BCUT2D eigenvalue weighted by molar-refractivity contribution is 0.363. The summed E-state index contributed by atoms with van der Waals surface area (Å²) in [6.45, 7) is 0. The Morgan fingerprint density at radius 1 is 1.31 bits per heavy atom. The summed E-state index contributed by atoms with van der Waals surface area (Å²) in [4.78, 5) is 0. The molecule has 0 unspecified atom stereocenters. The quantitative estimate of drug-likeness (QED) is 0.764. The van der Waals surface area contributed by atoms with Crippen molar-refractivity contribution in [3.05, 3.63) is 17.7 Å². The van der Waals surface area contributed by atoms with E-state index in [1.54, 1.807) is 6.07 Å². The van der Waals surface area contributed by atoms with Gasteiger partial charge in [0, 0.05) is 11.6 Å². The van der Waals surface area contributed by atoms with Crippen LogP contribution in [-0.4, -0.2) is 19.3 Å². The lowest BCUT2D eigenvalue weighted by Crippen LogP contribution is -1.92. The summed E-state index contributed by atoms with van der Waals surface area (Å²) in [7, 11) is 3.01. The summed E-state index contributed by atoms with van der Waals surface area (Å²) in [5.41, 5.74) is 0.709. The second-order valence-electron chi connectivity index (χ2n) is 2.47. The molecule has 0 aromatic heterocycles. The van der Waals surface area contributed by atoms with E-state index >= 15 is 0 Å². The SMILES string of the molecule is COc1cc(O)c(OC)c(CCl)c1. The summed E-state index contributed by atoms with van der Waals surface area (Å²) >= 11 is 5.67. The van der Waals surface area contributed by atoms with Gasteiger partial charge in [-0.2, -0.15) is 0 Å². The molecule has 0 aliphatic rings. The van der Waals surface area contributed by atoms with Crippen LogP contribution in [0.2, 0.25) is 0 Å². The Bertz CT molecular complexity index is 299. The van der Waals surface area contributed by atoms with Crippen molar-refractivity contribution in [2.45, 2.75) is 5.88 Å². The third-order valence-electron chi connectivity index (χ3n) is 1.70. The molecule has 1 aromatic carbocycles. The van der Waals surface area contributed by atoms with Gasteiger partial charge in [-0.1, -0.05) is 0 Å². The highest BCUT2D eigenvalue weighted by molar-refractivity contribution is 6.17. The van der Waals surface area contributed by atoms with Crippen molar-refractivity contribution in [2.24, 2.45) is 0 Å². The lowest BCUT2D eigenvalue weighted by atomic mass is 10.2. The molecule has 1 aromatic rings. The Hall–Kier alpha value is -1.09. The summed E-state index contributed by atoms with van der Waals surface area (Å²) in [6.07, 6.45) is 0. The number of benzene rings is 1. The van der Waals surface area contributed by atoms with Gasteiger partial charge in [0.05, 0.1) is 20.1 Å². The topological polar surface area (TPSA) is 38.7 Å². The number of ether oxygens (including phenoxy) is 2. The van der Waals surface area contributed by atoms with Crippen molar-refractivity contribution < 1.29 is 14.6 Å². The molecule has 0 saturated heterocycles. The molecule has 0 spiro atoms. The average Bonchev–Trinajstić information content (AvgIpc) is 2.16. The van der Waals surface area contributed by atoms with E-state index in [1.807, 2.05) is 0 Å². The van der Waals surface area contributed by atoms with Crippen LogP contribution in [-0.2, 0) is 5.88 Å². The standard InChI is InChI=1S/C9H11ClO3/c1-12-7-3-6(5-10)9(13-2)8(11)4-7/h3-4,11H,5H2,1-2H3. The fourth-order valence-corrected chi connectivity index (χ4v) is 1.30. The Morgan fingerprint density at radius 2 is 2.00 bits per heavy atom. The fraction of sp³-hybridized carbons (Fsp3) is 0.333. The minimum atomic E-state index is 0.0394. The van der Waals surface area contributed by atoms with Crippen LogP contribution in [0.1, 0.15) is 5.56 Å². The normalized spacial score (nSPS) is 9.77. The van der Waals surface area contributed by atoms with Crippen LogP contribution in [0.5, 0.6) is 17.2 Å². The highest BCUT2D eigenvalue weighted by Gasteiger charge is 2.09. The Labute approximate surface area is 81.9 Å². The number of phenolic OH excluding ortho intramolecular Hbond substituents is 1. The average molecular weight is 203 g/mol. The molecule has 13 heavy (non-hydrogen) atoms. The minimum Gasteiger partial charge on any atom is -0.504 e. The first-order valence-electron chi connectivity index (χ1n) is 3.72. The van der Waals surface area contributed by atoms with E-state index in [9.17, 15) is 5.11 Å². The zero-order chi connectivity index (χ0) is 9.84. The van der Waals surface area contributed by atoms with Crippen LogP contribution in [0, 0.1) is 0 Å². The summed E-state index contributed by atoms with van der Waals surface area (Å²) < 4.78 is 9.94. The first-order chi connectivity index (χ1) is 6.22. The summed E-state index contributed by atoms with van der Waals surface area (Å²) in [6, 6.07) is 3.21. The number of phenols is 1. The maximum Gasteiger partial charge on any atom is 0.165 e. The van der Waals surface area contributed by atoms with Crippen molar-refractivity contribution in [1.29, 1.82) is 0 Å². The van der Waals surface area contributed by atoms with Gasteiger partial charge < -0.3 is 14.6 Å². The second kappa shape index (κ2) is 4.23. The third kappa shape index (κ3) is 1.98. The van der Waals surface area contributed by atoms with Gasteiger partial charge in [0.1, 0.15) is 5.75 Å². The van der Waals surface area contributed by atoms with E-state index in [-0.39, 0.29) is 11.6 Å². The van der Waals surface area contributed by atoms with Crippen molar-refractivity contribution in [3.63, 3.8) is 0 Å². The van der Waals surface area contributed by atoms with Gasteiger partial charge in [-0.05, 0) is 6.07 Å². The molecule has 0 heterocycles. The van der Waals surface area contributed by atoms with E-state index in [0.717, 1.165) is 0 Å². The summed E-state index contributed by atoms with van der Waals surface area (Å²) in [5.74, 6) is 1.27. The highest BCUT2D eigenvalue weighted by Crippen LogP contribution is 2.35. The molecule has 0 radical (unpaired) electrons. The molecule has 1 rings (SSSR count). The van der Waals surface area contributed by atoms with E-state index in [4.69, 9.17) is 21.1 Å². The van der Waals surface area contributed by atoms with E-state index < -0.39 is 0 Å². The number of methoxy groups -OCH3 is 2. The van der Waals surface area contributed by atoms with Gasteiger partial charge in [0.15, 0.2) is 11.5 Å². The highest BCUT2D eigenvalue weighted by atomic mass is 35.5. The molecule has 0 aliphatic heterocycles. The molecule has 0 bridgehead atoms. The number of alkyl halides is 1. The van der Waals surface area contributed by atoms with Crippen molar-refractivity contribution >= 4 is 11.6 Å². The minimum absolute atomic E-state index is 0.0394. The van der Waals surface area contributed by atoms with E-state index in [1.165, 1.54) is 20.3 Å². The molecule has 1 N–H and O–H groups in total. The first-order valence-corrected chi connectivity index (χ1v) is 4.26. The molecule has 0 saturated carbocycles.